The maximum atomic E-state index is 11.2. The van der Waals surface area contributed by atoms with Crippen LogP contribution in [0.4, 0.5) is 0 Å². The molecule has 3 rings (SSSR count). The number of hydrogen-bond acceptors (Lipinski definition) is 4. The summed E-state index contributed by atoms with van der Waals surface area (Å²) in [6.45, 7) is 6.37. The molecule has 5 heteroatoms. The molecule has 1 heterocycles. The Morgan fingerprint density at radius 2 is 1.85 bits per heavy atom. The summed E-state index contributed by atoms with van der Waals surface area (Å²) in [5.41, 5.74) is 5.32. The van der Waals surface area contributed by atoms with Crippen molar-refractivity contribution in [2.75, 3.05) is 13.7 Å². The summed E-state index contributed by atoms with van der Waals surface area (Å²) in [7, 11) is 1.68. The average molecular weight is 366 g/mol. The number of aryl methyl sites for hydroxylation is 2. The van der Waals surface area contributed by atoms with E-state index in [1.54, 1.807) is 14.0 Å². The molecule has 0 amide bonds. The molecule has 1 aromatic heterocycles. The first-order valence-electron chi connectivity index (χ1n) is 9.38. The van der Waals surface area contributed by atoms with Crippen molar-refractivity contribution in [2.45, 2.75) is 40.0 Å². The fourth-order valence-electron chi connectivity index (χ4n) is 3.25. The molecule has 5 nitrogen and oxygen atoms in total. The lowest BCUT2D eigenvalue weighted by Crippen LogP contribution is -2.06. The third-order valence-corrected chi connectivity index (χ3v) is 4.77. The molecule has 0 atom stereocenters. The van der Waals surface area contributed by atoms with Crippen LogP contribution in [0.2, 0.25) is 0 Å². The van der Waals surface area contributed by atoms with Crippen molar-refractivity contribution in [3.05, 3.63) is 53.3 Å². The molecule has 0 aliphatic rings. The van der Waals surface area contributed by atoms with Gasteiger partial charge in [-0.15, -0.1) is 0 Å². The van der Waals surface area contributed by atoms with Gasteiger partial charge >= 0.3 is 5.97 Å². The number of nitrogens with zero attached hydrogens (tertiary/aromatic N) is 2. The number of aromatic nitrogens is 2. The minimum absolute atomic E-state index is 0.158. The van der Waals surface area contributed by atoms with E-state index in [2.05, 4.69) is 41.8 Å². The zero-order valence-corrected chi connectivity index (χ0v) is 16.4. The Labute approximate surface area is 159 Å². The van der Waals surface area contributed by atoms with Gasteiger partial charge in [-0.2, -0.15) is 0 Å². The number of ether oxygens (including phenoxy) is 2. The highest BCUT2D eigenvalue weighted by Crippen LogP contribution is 2.30. The summed E-state index contributed by atoms with van der Waals surface area (Å²) >= 11 is 0. The van der Waals surface area contributed by atoms with Crippen molar-refractivity contribution in [1.29, 1.82) is 0 Å². The number of rotatable bonds is 7. The Kier molecular flexibility index (Phi) is 5.79. The van der Waals surface area contributed by atoms with Crippen molar-refractivity contribution >= 4 is 17.0 Å². The van der Waals surface area contributed by atoms with Crippen molar-refractivity contribution in [1.82, 2.24) is 9.55 Å². The molecule has 0 saturated heterocycles. The van der Waals surface area contributed by atoms with Gasteiger partial charge in [-0.1, -0.05) is 26.0 Å². The second kappa shape index (κ2) is 8.25. The first-order chi connectivity index (χ1) is 13.1. The number of fused-ring (bicyclic) bond motifs is 1. The van der Waals surface area contributed by atoms with Gasteiger partial charge in [0, 0.05) is 30.5 Å². The number of imidazole rings is 1. The van der Waals surface area contributed by atoms with Gasteiger partial charge in [0.25, 0.3) is 0 Å². The van der Waals surface area contributed by atoms with Crippen molar-refractivity contribution in [3.8, 4) is 11.4 Å². The molecular formula is C22H26N2O3. The van der Waals surface area contributed by atoms with Crippen molar-refractivity contribution in [2.24, 2.45) is 0 Å². The summed E-state index contributed by atoms with van der Waals surface area (Å²) in [6.07, 6.45) is 1.97. The van der Waals surface area contributed by atoms with Gasteiger partial charge in [-0.3, -0.25) is 9.36 Å². The van der Waals surface area contributed by atoms with E-state index in [1.165, 1.54) is 0 Å². The van der Waals surface area contributed by atoms with Gasteiger partial charge in [0.15, 0.2) is 0 Å². The van der Waals surface area contributed by atoms with Gasteiger partial charge in [-0.25, -0.2) is 4.98 Å². The van der Waals surface area contributed by atoms with E-state index in [0.29, 0.717) is 19.4 Å². The molecule has 0 N–H and O–H groups in total. The fourth-order valence-corrected chi connectivity index (χ4v) is 3.25. The summed E-state index contributed by atoms with van der Waals surface area (Å²) < 4.78 is 12.8. The van der Waals surface area contributed by atoms with Gasteiger partial charge in [0.2, 0.25) is 0 Å². The van der Waals surface area contributed by atoms with Crippen LogP contribution in [0, 0.1) is 6.92 Å². The molecule has 0 spiro atoms. The molecule has 0 aliphatic carbocycles. The van der Waals surface area contributed by atoms with Crippen molar-refractivity contribution in [3.63, 3.8) is 0 Å². The molecule has 0 fully saturated rings. The zero-order chi connectivity index (χ0) is 19.4. The second-order valence-corrected chi connectivity index (χ2v) is 6.47. The SMILES string of the molecule is CCC(=O)OCCc1ccc(-n2c(CC)nc3c(C)c(OC)ccc32)cc1. The predicted octanol–water partition coefficient (Wildman–Crippen LogP) is 4.40. The van der Waals surface area contributed by atoms with Crippen LogP contribution in [-0.2, 0) is 22.4 Å². The topological polar surface area (TPSA) is 53.4 Å². The van der Waals surface area contributed by atoms with E-state index in [0.717, 1.165) is 45.8 Å². The number of carbonyl (C=O) groups excluding carboxylic acids is 1. The summed E-state index contributed by atoms with van der Waals surface area (Å²) in [6, 6.07) is 12.4. The minimum Gasteiger partial charge on any atom is -0.496 e. The number of hydrogen-bond donors (Lipinski definition) is 0. The molecular weight excluding hydrogens is 340 g/mol. The van der Waals surface area contributed by atoms with Gasteiger partial charge < -0.3 is 9.47 Å². The first-order valence-corrected chi connectivity index (χ1v) is 9.38. The molecule has 0 radical (unpaired) electrons. The molecule has 27 heavy (non-hydrogen) atoms. The van der Waals surface area contributed by atoms with Crippen LogP contribution in [-0.4, -0.2) is 29.2 Å². The molecule has 0 aliphatic heterocycles. The van der Waals surface area contributed by atoms with Gasteiger partial charge in [-0.05, 0) is 36.8 Å². The molecule has 3 aromatic rings. The average Bonchev–Trinajstić information content (AvgIpc) is 3.08. The van der Waals surface area contributed by atoms with E-state index in [9.17, 15) is 4.79 Å². The third kappa shape index (κ3) is 3.82. The Hall–Kier alpha value is -2.82. The lowest BCUT2D eigenvalue weighted by molar-refractivity contribution is -0.143. The van der Waals surface area contributed by atoms with Crippen LogP contribution < -0.4 is 4.74 Å². The van der Waals surface area contributed by atoms with Gasteiger partial charge in [0.05, 0.1) is 24.8 Å². The highest BCUT2D eigenvalue weighted by Gasteiger charge is 2.15. The number of esters is 1. The lowest BCUT2D eigenvalue weighted by Gasteiger charge is -2.10. The van der Waals surface area contributed by atoms with E-state index in [-0.39, 0.29) is 5.97 Å². The monoisotopic (exact) mass is 366 g/mol. The number of benzene rings is 2. The van der Waals surface area contributed by atoms with E-state index in [1.807, 2.05) is 13.0 Å². The summed E-state index contributed by atoms with van der Waals surface area (Å²) in [4.78, 5) is 16.1. The van der Waals surface area contributed by atoms with Crippen LogP contribution in [0.25, 0.3) is 16.7 Å². The van der Waals surface area contributed by atoms with Crippen molar-refractivity contribution < 1.29 is 14.3 Å². The van der Waals surface area contributed by atoms with Crippen LogP contribution in [0.15, 0.2) is 36.4 Å². The highest BCUT2D eigenvalue weighted by molar-refractivity contribution is 5.83. The minimum atomic E-state index is -0.158. The van der Waals surface area contributed by atoms with Crippen LogP contribution in [0.3, 0.4) is 0 Å². The largest absolute Gasteiger partial charge is 0.496 e. The highest BCUT2D eigenvalue weighted by atomic mass is 16.5. The summed E-state index contributed by atoms with van der Waals surface area (Å²) in [5.74, 6) is 1.72. The maximum absolute atomic E-state index is 11.2. The quantitative estimate of drug-likeness (QED) is 0.582. The predicted molar refractivity (Wildman–Crippen MR) is 107 cm³/mol. The molecule has 0 saturated carbocycles. The lowest BCUT2D eigenvalue weighted by atomic mass is 10.1. The van der Waals surface area contributed by atoms with E-state index < -0.39 is 0 Å². The fraction of sp³-hybridized carbons (Fsp3) is 0.364. The van der Waals surface area contributed by atoms with Crippen LogP contribution in [0.1, 0.15) is 37.2 Å². The normalized spacial score (nSPS) is 11.0. The van der Waals surface area contributed by atoms with E-state index in [4.69, 9.17) is 14.5 Å². The smallest absolute Gasteiger partial charge is 0.305 e. The Morgan fingerprint density at radius 1 is 1.11 bits per heavy atom. The third-order valence-electron chi connectivity index (χ3n) is 4.77. The molecule has 0 unspecified atom stereocenters. The second-order valence-electron chi connectivity index (χ2n) is 6.47. The Morgan fingerprint density at radius 3 is 2.48 bits per heavy atom. The molecule has 0 bridgehead atoms. The standard InChI is InChI=1S/C22H26N2O3/c1-5-20-23-22-15(3)19(26-4)12-11-18(22)24(20)17-9-7-16(8-10-17)13-14-27-21(25)6-2/h7-12H,5-6,13-14H2,1-4H3. The molecule has 142 valence electrons. The number of methoxy groups -OCH3 is 1. The Bertz CT molecular complexity index is 942. The van der Waals surface area contributed by atoms with Gasteiger partial charge in [0.1, 0.15) is 11.6 Å². The molecule has 2 aromatic carbocycles. The zero-order valence-electron chi connectivity index (χ0n) is 16.4. The van der Waals surface area contributed by atoms with Crippen LogP contribution >= 0.6 is 0 Å². The summed E-state index contributed by atoms with van der Waals surface area (Å²) in [5, 5.41) is 0. The Balaban J connectivity index is 1.90. The van der Waals surface area contributed by atoms with E-state index >= 15 is 0 Å². The first kappa shape index (κ1) is 19.0. The van der Waals surface area contributed by atoms with Crippen LogP contribution in [0.5, 0.6) is 5.75 Å². The maximum Gasteiger partial charge on any atom is 0.305 e. The number of carbonyl (C=O) groups is 1.